The van der Waals surface area contributed by atoms with Gasteiger partial charge >= 0.3 is 0 Å². The van der Waals surface area contributed by atoms with E-state index in [2.05, 4.69) is 20.4 Å². The number of nitrogens with one attached hydrogen (secondary N) is 1. The minimum Gasteiger partial charge on any atom is -0.497 e. The van der Waals surface area contributed by atoms with Crippen LogP contribution in [0, 0.1) is 0 Å². The van der Waals surface area contributed by atoms with Crippen molar-refractivity contribution in [2.75, 3.05) is 43.6 Å². The number of nitrogens with zero attached hydrogens (tertiary/aromatic N) is 3. The molecule has 0 saturated carbocycles. The van der Waals surface area contributed by atoms with Gasteiger partial charge in [0.05, 0.1) is 26.0 Å². The Labute approximate surface area is 209 Å². The number of anilines is 2. The van der Waals surface area contributed by atoms with Gasteiger partial charge in [-0.15, -0.1) is 10.2 Å². The molecule has 1 fully saturated rings. The normalized spacial score (nSPS) is 13.2. The van der Waals surface area contributed by atoms with Gasteiger partial charge in [-0.25, -0.2) is 0 Å². The summed E-state index contributed by atoms with van der Waals surface area (Å²) in [7, 11) is 1.60. The first-order chi connectivity index (χ1) is 17.7. The zero-order valence-electron chi connectivity index (χ0n) is 19.9. The lowest BCUT2D eigenvalue weighted by atomic mass is 10.1. The molecule has 0 bridgehead atoms. The van der Waals surface area contributed by atoms with Gasteiger partial charge in [-0.1, -0.05) is 18.2 Å². The molecule has 0 radical (unpaired) electrons. The number of rotatable bonds is 7. The first-order valence-electron chi connectivity index (χ1n) is 11.7. The van der Waals surface area contributed by atoms with E-state index in [0.717, 1.165) is 43.2 Å². The Bertz CT molecular complexity index is 1320. The second kappa shape index (κ2) is 10.9. The van der Waals surface area contributed by atoms with Crippen LogP contribution in [-0.2, 0) is 4.74 Å². The van der Waals surface area contributed by atoms with E-state index in [1.165, 1.54) is 0 Å². The molecule has 5 rings (SSSR count). The molecular formula is C28H26N4O4. The Morgan fingerprint density at radius 3 is 2.42 bits per heavy atom. The van der Waals surface area contributed by atoms with Crippen LogP contribution in [0.2, 0.25) is 0 Å². The van der Waals surface area contributed by atoms with Gasteiger partial charge in [0.15, 0.2) is 0 Å². The van der Waals surface area contributed by atoms with Gasteiger partial charge < -0.3 is 24.4 Å². The Hall–Kier alpha value is -4.43. The molecule has 36 heavy (non-hydrogen) atoms. The number of carbonyl (C=O) groups excluding carboxylic acids is 1. The van der Waals surface area contributed by atoms with Gasteiger partial charge in [0, 0.05) is 47.7 Å². The molecule has 182 valence electrons. The number of amides is 1. The van der Waals surface area contributed by atoms with Crippen LogP contribution in [0.4, 0.5) is 11.4 Å². The summed E-state index contributed by atoms with van der Waals surface area (Å²) in [4.78, 5) is 15.2. The minimum absolute atomic E-state index is 0.193. The number of hydrogen-bond donors (Lipinski definition) is 1. The lowest BCUT2D eigenvalue weighted by molar-refractivity contribution is 0.102. The lowest BCUT2D eigenvalue weighted by Gasteiger charge is -2.28. The predicted molar refractivity (Wildman–Crippen MR) is 138 cm³/mol. The van der Waals surface area contributed by atoms with E-state index in [1.54, 1.807) is 31.4 Å². The Morgan fingerprint density at radius 2 is 1.67 bits per heavy atom. The number of aromatic nitrogens is 2. The highest BCUT2D eigenvalue weighted by Gasteiger charge is 2.12. The van der Waals surface area contributed by atoms with Crippen molar-refractivity contribution >= 4 is 17.3 Å². The van der Waals surface area contributed by atoms with Gasteiger partial charge in [0.25, 0.3) is 5.91 Å². The molecule has 4 aromatic rings. The zero-order chi connectivity index (χ0) is 24.7. The lowest BCUT2D eigenvalue weighted by Crippen LogP contribution is -2.36. The van der Waals surface area contributed by atoms with Gasteiger partial charge in [-0.3, -0.25) is 4.79 Å². The molecule has 1 amide bonds. The quantitative estimate of drug-likeness (QED) is 0.395. The first kappa shape index (κ1) is 23.3. The van der Waals surface area contributed by atoms with Crippen LogP contribution in [0.3, 0.4) is 0 Å². The highest BCUT2D eigenvalue weighted by Crippen LogP contribution is 2.25. The fraction of sp³-hybridized carbons (Fsp3) is 0.179. The second-order valence-electron chi connectivity index (χ2n) is 8.22. The largest absolute Gasteiger partial charge is 0.497 e. The summed E-state index contributed by atoms with van der Waals surface area (Å²) in [6.45, 7) is 3.21. The molecule has 1 aliphatic rings. The van der Waals surface area contributed by atoms with Crippen LogP contribution in [-0.4, -0.2) is 49.5 Å². The van der Waals surface area contributed by atoms with Crippen molar-refractivity contribution in [3.8, 4) is 28.6 Å². The van der Waals surface area contributed by atoms with Crippen molar-refractivity contribution in [2.24, 2.45) is 0 Å². The molecule has 0 aliphatic carbocycles. The van der Waals surface area contributed by atoms with E-state index in [4.69, 9.17) is 14.2 Å². The van der Waals surface area contributed by atoms with Crippen molar-refractivity contribution in [2.45, 2.75) is 0 Å². The predicted octanol–water partition coefficient (Wildman–Crippen LogP) is 5.03. The van der Waals surface area contributed by atoms with Crippen LogP contribution in [0.5, 0.6) is 17.4 Å². The summed E-state index contributed by atoms with van der Waals surface area (Å²) in [5.74, 6) is 1.47. The average Bonchev–Trinajstić information content (AvgIpc) is 2.94. The number of hydrogen-bond acceptors (Lipinski definition) is 7. The molecule has 1 saturated heterocycles. The van der Waals surface area contributed by atoms with E-state index in [-0.39, 0.29) is 5.91 Å². The third kappa shape index (κ3) is 5.61. The zero-order valence-corrected chi connectivity index (χ0v) is 19.9. The maximum absolute atomic E-state index is 12.9. The summed E-state index contributed by atoms with van der Waals surface area (Å²) >= 11 is 0. The van der Waals surface area contributed by atoms with Gasteiger partial charge in [0.2, 0.25) is 5.88 Å². The first-order valence-corrected chi connectivity index (χ1v) is 11.7. The number of morpholine rings is 1. The van der Waals surface area contributed by atoms with E-state index in [1.807, 2.05) is 60.7 Å². The van der Waals surface area contributed by atoms with Crippen LogP contribution in [0.1, 0.15) is 10.4 Å². The fourth-order valence-electron chi connectivity index (χ4n) is 3.91. The van der Waals surface area contributed by atoms with Crippen LogP contribution in [0.25, 0.3) is 11.3 Å². The molecule has 8 nitrogen and oxygen atoms in total. The Balaban J connectivity index is 1.24. The van der Waals surface area contributed by atoms with Crippen molar-refractivity contribution in [1.29, 1.82) is 0 Å². The maximum Gasteiger partial charge on any atom is 0.255 e. The van der Waals surface area contributed by atoms with Gasteiger partial charge in [0.1, 0.15) is 11.5 Å². The second-order valence-corrected chi connectivity index (χ2v) is 8.22. The molecule has 3 aromatic carbocycles. The Kier molecular flexibility index (Phi) is 7.05. The molecule has 0 unspecified atom stereocenters. The molecule has 8 heteroatoms. The smallest absolute Gasteiger partial charge is 0.255 e. The third-order valence-corrected chi connectivity index (χ3v) is 5.83. The Morgan fingerprint density at radius 1 is 0.889 bits per heavy atom. The number of methoxy groups -OCH3 is 1. The average molecular weight is 483 g/mol. The van der Waals surface area contributed by atoms with Crippen molar-refractivity contribution in [1.82, 2.24) is 10.2 Å². The molecule has 1 N–H and O–H groups in total. The van der Waals surface area contributed by atoms with Crippen LogP contribution in [0.15, 0.2) is 84.9 Å². The molecule has 0 atom stereocenters. The molecule has 2 heterocycles. The summed E-state index contributed by atoms with van der Waals surface area (Å²) < 4.78 is 16.4. The van der Waals surface area contributed by atoms with Gasteiger partial charge in [-0.2, -0.15) is 0 Å². The maximum atomic E-state index is 12.9. The minimum atomic E-state index is -0.193. The number of carbonyl (C=O) groups is 1. The van der Waals surface area contributed by atoms with E-state index in [9.17, 15) is 4.79 Å². The molecule has 1 aromatic heterocycles. The summed E-state index contributed by atoms with van der Waals surface area (Å²) in [5, 5.41) is 11.4. The van der Waals surface area contributed by atoms with Crippen molar-refractivity contribution in [3.63, 3.8) is 0 Å². The molecule has 0 spiro atoms. The number of ether oxygens (including phenoxy) is 3. The van der Waals surface area contributed by atoms with Crippen LogP contribution < -0.4 is 19.7 Å². The highest BCUT2D eigenvalue weighted by molar-refractivity contribution is 6.05. The van der Waals surface area contributed by atoms with Crippen LogP contribution >= 0.6 is 0 Å². The fourth-order valence-corrected chi connectivity index (χ4v) is 3.91. The topological polar surface area (TPSA) is 85.8 Å². The van der Waals surface area contributed by atoms with Crippen molar-refractivity contribution < 1.29 is 19.0 Å². The van der Waals surface area contributed by atoms with Gasteiger partial charge in [-0.05, 0) is 54.6 Å². The van der Waals surface area contributed by atoms with E-state index >= 15 is 0 Å². The van der Waals surface area contributed by atoms with E-state index < -0.39 is 0 Å². The third-order valence-electron chi connectivity index (χ3n) is 5.83. The monoisotopic (exact) mass is 482 g/mol. The SMILES string of the molecule is COc1cccc(Oc2ccc(-c3cccc(C(=O)Nc4ccc(N5CCOCC5)cc4)c3)nn2)c1. The standard InChI is InChI=1S/C28H26N4O4/c1-34-24-6-3-7-25(19-24)36-27-13-12-26(30-31-27)20-4-2-5-21(18-20)28(33)29-22-8-10-23(11-9-22)32-14-16-35-17-15-32/h2-13,18-19H,14-17H2,1H3,(H,29,33). The van der Waals surface area contributed by atoms with Crippen molar-refractivity contribution in [3.05, 3.63) is 90.5 Å². The molecular weight excluding hydrogens is 456 g/mol. The van der Waals surface area contributed by atoms with E-state index in [0.29, 0.717) is 28.6 Å². The summed E-state index contributed by atoms with van der Waals surface area (Å²) in [6, 6.07) is 26.0. The highest BCUT2D eigenvalue weighted by atomic mass is 16.5. The molecule has 1 aliphatic heterocycles. The summed E-state index contributed by atoms with van der Waals surface area (Å²) in [6.07, 6.45) is 0. The number of benzene rings is 3. The summed E-state index contributed by atoms with van der Waals surface area (Å²) in [5.41, 5.74) is 3.81.